The summed E-state index contributed by atoms with van der Waals surface area (Å²) in [5.41, 5.74) is 5.77. The number of aromatic amines is 1. The molecular formula is C28H29ClN2O2. The minimum absolute atomic E-state index is 0.580. The zero-order chi connectivity index (χ0) is 22.9. The summed E-state index contributed by atoms with van der Waals surface area (Å²) in [6.45, 7) is 0.655. The van der Waals surface area contributed by atoms with Gasteiger partial charge in [0, 0.05) is 17.2 Å². The van der Waals surface area contributed by atoms with Crippen molar-refractivity contribution in [3.63, 3.8) is 0 Å². The van der Waals surface area contributed by atoms with Crippen LogP contribution < -0.4 is 9.47 Å². The first-order valence-electron chi connectivity index (χ1n) is 11.4. The van der Waals surface area contributed by atoms with E-state index in [-0.39, 0.29) is 0 Å². The van der Waals surface area contributed by atoms with Crippen molar-refractivity contribution in [2.75, 3.05) is 13.7 Å². The molecule has 0 spiro atoms. The van der Waals surface area contributed by atoms with Crippen LogP contribution in [-0.4, -0.2) is 23.9 Å². The zero-order valence-corrected chi connectivity index (χ0v) is 19.6. The fourth-order valence-corrected chi connectivity index (χ4v) is 4.18. The molecule has 170 valence electrons. The van der Waals surface area contributed by atoms with E-state index in [1.165, 1.54) is 11.1 Å². The van der Waals surface area contributed by atoms with Crippen molar-refractivity contribution in [3.05, 3.63) is 89.4 Å². The third kappa shape index (κ3) is 5.96. The second-order valence-corrected chi connectivity index (χ2v) is 8.37. The maximum Gasteiger partial charge on any atom is 0.138 e. The van der Waals surface area contributed by atoms with Crippen LogP contribution >= 0.6 is 11.6 Å². The molecule has 0 saturated heterocycles. The highest BCUT2D eigenvalue weighted by atomic mass is 35.5. The summed E-state index contributed by atoms with van der Waals surface area (Å²) in [7, 11) is 1.63. The number of hydrogen-bond donors (Lipinski definition) is 1. The molecule has 4 rings (SSSR count). The van der Waals surface area contributed by atoms with Gasteiger partial charge in [-0.1, -0.05) is 85.1 Å². The molecule has 3 aromatic carbocycles. The van der Waals surface area contributed by atoms with Crippen LogP contribution in [-0.2, 0) is 6.42 Å². The fraction of sp³-hybridized carbons (Fsp3) is 0.250. The van der Waals surface area contributed by atoms with Gasteiger partial charge in [-0.25, -0.2) is 0 Å². The lowest BCUT2D eigenvalue weighted by molar-refractivity contribution is 0.304. The van der Waals surface area contributed by atoms with E-state index in [1.54, 1.807) is 13.2 Å². The quantitative estimate of drug-likeness (QED) is 0.234. The molecule has 0 aliphatic carbocycles. The van der Waals surface area contributed by atoms with Crippen LogP contribution in [0.1, 0.15) is 31.2 Å². The number of methoxy groups -OCH3 is 1. The predicted octanol–water partition coefficient (Wildman–Crippen LogP) is 7.59. The molecule has 1 heterocycles. The Kier molecular flexibility index (Phi) is 8.04. The van der Waals surface area contributed by atoms with Crippen LogP contribution in [0.25, 0.3) is 22.5 Å². The summed E-state index contributed by atoms with van der Waals surface area (Å²) in [6.07, 6.45) is 5.31. The smallest absolute Gasteiger partial charge is 0.138 e. The third-order valence-electron chi connectivity index (χ3n) is 5.69. The number of H-pyrrole nitrogens is 1. The Labute approximate surface area is 200 Å². The lowest BCUT2D eigenvalue weighted by atomic mass is 9.97. The molecule has 0 atom stereocenters. The van der Waals surface area contributed by atoms with Crippen molar-refractivity contribution in [3.8, 4) is 34.0 Å². The number of benzene rings is 3. The Hall–Kier alpha value is -3.24. The number of aromatic nitrogens is 2. The lowest BCUT2D eigenvalue weighted by Gasteiger charge is -2.10. The number of unbranched alkanes of at least 4 members (excludes halogenated alkanes) is 3. The average molecular weight is 461 g/mol. The monoisotopic (exact) mass is 460 g/mol. The highest BCUT2D eigenvalue weighted by molar-refractivity contribution is 6.32. The first-order valence-corrected chi connectivity index (χ1v) is 11.8. The number of nitrogens with zero attached hydrogens (tertiary/aromatic N) is 1. The van der Waals surface area contributed by atoms with Gasteiger partial charge in [-0.05, 0) is 37.0 Å². The van der Waals surface area contributed by atoms with Gasteiger partial charge in [0.15, 0.2) is 0 Å². The number of ether oxygens (including phenoxy) is 2. The Bertz CT molecular complexity index is 1090. The Balaban J connectivity index is 1.32. The Morgan fingerprint density at radius 2 is 1.52 bits per heavy atom. The summed E-state index contributed by atoms with van der Waals surface area (Å²) >= 11 is 6.24. The topological polar surface area (TPSA) is 47.1 Å². The van der Waals surface area contributed by atoms with Gasteiger partial charge in [0.25, 0.3) is 0 Å². The number of halogens is 1. The van der Waals surface area contributed by atoms with Crippen LogP contribution in [0.4, 0.5) is 0 Å². The Morgan fingerprint density at radius 3 is 2.21 bits per heavy atom. The summed E-state index contributed by atoms with van der Waals surface area (Å²) in [5, 5.41) is 8.55. The molecule has 0 bridgehead atoms. The lowest BCUT2D eigenvalue weighted by Crippen LogP contribution is -1.98. The zero-order valence-electron chi connectivity index (χ0n) is 18.9. The van der Waals surface area contributed by atoms with Crippen LogP contribution in [0.15, 0.2) is 78.9 Å². The molecule has 1 aromatic heterocycles. The van der Waals surface area contributed by atoms with Crippen molar-refractivity contribution >= 4 is 11.6 Å². The highest BCUT2D eigenvalue weighted by Crippen LogP contribution is 2.32. The first-order chi connectivity index (χ1) is 16.3. The second kappa shape index (κ2) is 11.6. The molecule has 0 saturated carbocycles. The molecule has 4 aromatic rings. The van der Waals surface area contributed by atoms with Crippen molar-refractivity contribution in [2.24, 2.45) is 0 Å². The molecule has 0 amide bonds. The van der Waals surface area contributed by atoms with Crippen molar-refractivity contribution in [2.45, 2.75) is 32.1 Å². The van der Waals surface area contributed by atoms with E-state index in [2.05, 4.69) is 58.7 Å². The van der Waals surface area contributed by atoms with E-state index in [0.29, 0.717) is 17.4 Å². The van der Waals surface area contributed by atoms with E-state index in [4.69, 9.17) is 21.1 Å². The van der Waals surface area contributed by atoms with E-state index in [1.807, 2.05) is 24.3 Å². The van der Waals surface area contributed by atoms with Crippen molar-refractivity contribution in [1.29, 1.82) is 0 Å². The summed E-state index contributed by atoms with van der Waals surface area (Å²) < 4.78 is 11.0. The van der Waals surface area contributed by atoms with E-state index in [0.717, 1.165) is 54.8 Å². The molecule has 1 N–H and O–H groups in total. The maximum atomic E-state index is 6.24. The summed E-state index contributed by atoms with van der Waals surface area (Å²) in [5.74, 6) is 1.44. The van der Waals surface area contributed by atoms with Gasteiger partial charge in [-0.15, -0.1) is 0 Å². The fourth-order valence-electron chi connectivity index (χ4n) is 3.95. The van der Waals surface area contributed by atoms with Gasteiger partial charge in [-0.2, -0.15) is 5.10 Å². The molecule has 0 fully saturated rings. The minimum atomic E-state index is 0.580. The first kappa shape index (κ1) is 22.9. The molecule has 5 heteroatoms. The Morgan fingerprint density at radius 1 is 0.818 bits per heavy atom. The molecular weight excluding hydrogens is 432 g/mol. The SMILES string of the molecule is COc1ccc(OCCCCCCc2c(-c3ccccc3)n[nH]c2-c2ccccc2)c(Cl)c1. The third-order valence-corrected chi connectivity index (χ3v) is 5.99. The average Bonchev–Trinajstić information content (AvgIpc) is 3.29. The van der Waals surface area contributed by atoms with Gasteiger partial charge in [-0.3, -0.25) is 5.10 Å². The van der Waals surface area contributed by atoms with Gasteiger partial charge >= 0.3 is 0 Å². The molecule has 0 unspecified atom stereocenters. The highest BCUT2D eigenvalue weighted by Gasteiger charge is 2.15. The largest absolute Gasteiger partial charge is 0.497 e. The van der Waals surface area contributed by atoms with Crippen LogP contribution in [0.5, 0.6) is 11.5 Å². The van der Waals surface area contributed by atoms with E-state index in [9.17, 15) is 0 Å². The summed E-state index contributed by atoms with van der Waals surface area (Å²) in [4.78, 5) is 0. The van der Waals surface area contributed by atoms with Gasteiger partial charge < -0.3 is 9.47 Å². The number of nitrogens with one attached hydrogen (secondary N) is 1. The summed E-state index contributed by atoms with van der Waals surface area (Å²) in [6, 6.07) is 26.3. The van der Waals surface area contributed by atoms with Gasteiger partial charge in [0.05, 0.1) is 30.1 Å². The maximum absolute atomic E-state index is 6.24. The molecule has 33 heavy (non-hydrogen) atoms. The predicted molar refractivity (Wildman–Crippen MR) is 135 cm³/mol. The van der Waals surface area contributed by atoms with Crippen LogP contribution in [0.3, 0.4) is 0 Å². The van der Waals surface area contributed by atoms with Crippen molar-refractivity contribution < 1.29 is 9.47 Å². The van der Waals surface area contributed by atoms with Gasteiger partial charge in [0.2, 0.25) is 0 Å². The van der Waals surface area contributed by atoms with E-state index < -0.39 is 0 Å². The van der Waals surface area contributed by atoms with Crippen LogP contribution in [0.2, 0.25) is 5.02 Å². The molecule has 0 radical (unpaired) electrons. The normalized spacial score (nSPS) is 10.8. The molecule has 0 aliphatic rings. The van der Waals surface area contributed by atoms with Crippen molar-refractivity contribution in [1.82, 2.24) is 10.2 Å². The minimum Gasteiger partial charge on any atom is -0.497 e. The van der Waals surface area contributed by atoms with Crippen LogP contribution in [0, 0.1) is 0 Å². The molecule has 0 aliphatic heterocycles. The number of hydrogen-bond acceptors (Lipinski definition) is 3. The van der Waals surface area contributed by atoms with Gasteiger partial charge in [0.1, 0.15) is 11.5 Å². The number of rotatable bonds is 11. The second-order valence-electron chi connectivity index (χ2n) is 7.97. The van der Waals surface area contributed by atoms with E-state index >= 15 is 0 Å². The standard InChI is InChI=1S/C28H29ClN2O2/c1-32-23-17-18-26(25(29)20-23)33-19-11-3-2-10-16-24-27(21-12-6-4-7-13-21)30-31-28(24)22-14-8-5-9-15-22/h4-9,12-15,17-18,20H,2-3,10-11,16,19H2,1H3,(H,30,31). The molecule has 4 nitrogen and oxygen atoms in total.